The number of furan rings is 1. The van der Waals surface area contributed by atoms with Gasteiger partial charge in [-0.2, -0.15) is 5.26 Å². The lowest BCUT2D eigenvalue weighted by atomic mass is 10.2. The molecule has 1 atom stereocenters. The monoisotopic (exact) mass is 344 g/mol. The average molecular weight is 344 g/mol. The summed E-state index contributed by atoms with van der Waals surface area (Å²) in [5.41, 5.74) is 0.0519. The van der Waals surface area contributed by atoms with Crippen LogP contribution in [0.4, 0.5) is 0 Å². The number of hydrogen-bond acceptors (Lipinski definition) is 3. The molecule has 1 aromatic heterocycles. The lowest BCUT2D eigenvalue weighted by Gasteiger charge is -2.09. The lowest BCUT2D eigenvalue weighted by molar-refractivity contribution is -0.117. The van der Waals surface area contributed by atoms with E-state index < -0.39 is 0 Å². The van der Waals surface area contributed by atoms with Gasteiger partial charge in [-0.25, -0.2) is 0 Å². The highest BCUT2D eigenvalue weighted by molar-refractivity contribution is 14.1. The van der Waals surface area contributed by atoms with E-state index in [1.165, 1.54) is 6.08 Å². The number of rotatable bonds is 4. The van der Waals surface area contributed by atoms with Gasteiger partial charge in [0.15, 0.2) is 3.77 Å². The van der Waals surface area contributed by atoms with Gasteiger partial charge in [0.2, 0.25) is 0 Å². The van der Waals surface area contributed by atoms with E-state index in [1.54, 1.807) is 12.1 Å². The molecular weight excluding hydrogens is 331 g/mol. The Kier molecular flexibility index (Phi) is 5.22. The zero-order chi connectivity index (χ0) is 12.8. The van der Waals surface area contributed by atoms with Gasteiger partial charge in [0.1, 0.15) is 17.4 Å². The van der Waals surface area contributed by atoms with Crippen molar-refractivity contribution in [3.05, 3.63) is 27.2 Å². The largest absolute Gasteiger partial charge is 0.451 e. The number of carbonyl (C=O) groups excluding carboxylic acids is 1. The van der Waals surface area contributed by atoms with E-state index >= 15 is 0 Å². The van der Waals surface area contributed by atoms with Crippen molar-refractivity contribution in [2.75, 3.05) is 0 Å². The zero-order valence-corrected chi connectivity index (χ0v) is 11.8. The molecule has 1 rings (SSSR count). The molecule has 90 valence electrons. The van der Waals surface area contributed by atoms with Gasteiger partial charge in [-0.3, -0.25) is 4.79 Å². The van der Waals surface area contributed by atoms with E-state index in [4.69, 9.17) is 9.68 Å². The number of hydrogen-bond donors (Lipinski definition) is 1. The Labute approximate surface area is 114 Å². The molecule has 0 unspecified atom stereocenters. The fourth-order valence-electron chi connectivity index (χ4n) is 1.10. The Morgan fingerprint density at radius 2 is 2.41 bits per heavy atom. The highest BCUT2D eigenvalue weighted by atomic mass is 127. The molecule has 1 heterocycles. The van der Waals surface area contributed by atoms with Gasteiger partial charge in [-0.15, -0.1) is 0 Å². The number of amides is 1. The third kappa shape index (κ3) is 4.23. The van der Waals surface area contributed by atoms with Crippen LogP contribution in [-0.4, -0.2) is 11.9 Å². The zero-order valence-electron chi connectivity index (χ0n) is 9.66. The summed E-state index contributed by atoms with van der Waals surface area (Å²) in [5, 5.41) is 11.7. The number of halogens is 1. The van der Waals surface area contributed by atoms with Crippen LogP contribution in [-0.2, 0) is 4.79 Å². The van der Waals surface area contributed by atoms with E-state index in [-0.39, 0.29) is 17.5 Å². The minimum absolute atomic E-state index is 0.0518. The average Bonchev–Trinajstić information content (AvgIpc) is 2.71. The molecule has 4 nitrogen and oxygen atoms in total. The number of nitriles is 1. The molecular formula is C12H13IN2O2. The van der Waals surface area contributed by atoms with Crippen LogP contribution in [0.1, 0.15) is 26.0 Å². The van der Waals surface area contributed by atoms with Crippen LogP contribution >= 0.6 is 22.6 Å². The topological polar surface area (TPSA) is 66.0 Å². The second-order valence-corrected chi connectivity index (χ2v) is 4.66. The van der Waals surface area contributed by atoms with Crippen LogP contribution in [0.25, 0.3) is 6.08 Å². The minimum Gasteiger partial charge on any atom is -0.451 e. The Balaban J connectivity index is 2.82. The molecule has 0 radical (unpaired) electrons. The van der Waals surface area contributed by atoms with E-state index in [0.717, 1.165) is 6.42 Å². The molecule has 0 aromatic carbocycles. The molecule has 0 fully saturated rings. The van der Waals surface area contributed by atoms with Gasteiger partial charge >= 0.3 is 0 Å². The van der Waals surface area contributed by atoms with Crippen molar-refractivity contribution >= 4 is 34.6 Å². The molecule has 17 heavy (non-hydrogen) atoms. The molecule has 0 bridgehead atoms. The Hall–Kier alpha value is -1.29. The molecule has 1 N–H and O–H groups in total. The van der Waals surface area contributed by atoms with E-state index in [0.29, 0.717) is 9.53 Å². The summed E-state index contributed by atoms with van der Waals surface area (Å²) in [4.78, 5) is 11.7. The van der Waals surface area contributed by atoms with Gasteiger partial charge in [0.05, 0.1) is 0 Å². The maximum Gasteiger partial charge on any atom is 0.262 e. The van der Waals surface area contributed by atoms with Crippen molar-refractivity contribution in [3.63, 3.8) is 0 Å². The molecule has 0 aliphatic carbocycles. The predicted octanol–water partition coefficient (Wildman–Crippen LogP) is 2.71. The second-order valence-electron chi connectivity index (χ2n) is 3.59. The first-order valence-electron chi connectivity index (χ1n) is 5.24. The summed E-state index contributed by atoms with van der Waals surface area (Å²) in [6, 6.07) is 5.42. The standard InChI is InChI=1S/C12H13IN2O2/c1-3-8(2)15-12(16)9(7-14)6-10-4-5-11(13)17-10/h4-6,8H,3H2,1-2H3,(H,15,16)/b9-6+/t8-/m0/s1. The fraction of sp³-hybridized carbons (Fsp3) is 0.333. The third-order valence-corrected chi connectivity index (χ3v) is 2.82. The normalized spacial score (nSPS) is 12.9. The summed E-state index contributed by atoms with van der Waals surface area (Å²) >= 11 is 2.02. The predicted molar refractivity (Wildman–Crippen MR) is 72.9 cm³/mol. The number of carbonyl (C=O) groups is 1. The SMILES string of the molecule is CC[C@H](C)NC(=O)/C(C#N)=C/c1ccc(I)o1. The van der Waals surface area contributed by atoms with Crippen LogP contribution in [0.15, 0.2) is 22.1 Å². The van der Waals surface area contributed by atoms with Crippen LogP contribution in [0.2, 0.25) is 0 Å². The van der Waals surface area contributed by atoms with Crippen molar-refractivity contribution in [3.8, 4) is 6.07 Å². The number of nitrogens with one attached hydrogen (secondary N) is 1. The van der Waals surface area contributed by atoms with Gasteiger partial charge in [-0.1, -0.05) is 6.92 Å². The van der Waals surface area contributed by atoms with Crippen LogP contribution in [0.5, 0.6) is 0 Å². The first-order valence-corrected chi connectivity index (χ1v) is 6.32. The summed E-state index contributed by atoms with van der Waals surface area (Å²) in [7, 11) is 0. The fourth-order valence-corrected chi connectivity index (χ4v) is 1.53. The summed E-state index contributed by atoms with van der Waals surface area (Å²) in [5.74, 6) is 0.138. The summed E-state index contributed by atoms with van der Waals surface area (Å²) in [6.07, 6.45) is 2.27. The van der Waals surface area contributed by atoms with E-state index in [9.17, 15) is 4.79 Å². The van der Waals surface area contributed by atoms with Crippen molar-refractivity contribution in [1.29, 1.82) is 5.26 Å². The van der Waals surface area contributed by atoms with Crippen LogP contribution in [0.3, 0.4) is 0 Å². The minimum atomic E-state index is -0.367. The second kappa shape index (κ2) is 6.45. The Bertz CT molecular complexity index is 471. The molecule has 0 aliphatic rings. The smallest absolute Gasteiger partial charge is 0.262 e. The molecule has 0 saturated carbocycles. The van der Waals surface area contributed by atoms with Crippen LogP contribution in [0, 0.1) is 15.1 Å². The Morgan fingerprint density at radius 3 is 2.88 bits per heavy atom. The van der Waals surface area contributed by atoms with E-state index in [2.05, 4.69) is 5.32 Å². The maximum absolute atomic E-state index is 11.7. The van der Waals surface area contributed by atoms with Crippen LogP contribution < -0.4 is 5.32 Å². The molecule has 1 aromatic rings. The number of nitrogens with zero attached hydrogens (tertiary/aromatic N) is 1. The summed E-state index contributed by atoms with van der Waals surface area (Å²) in [6.45, 7) is 3.86. The quantitative estimate of drug-likeness (QED) is 0.519. The highest BCUT2D eigenvalue weighted by Crippen LogP contribution is 2.13. The molecule has 5 heteroatoms. The molecule has 0 aliphatic heterocycles. The lowest BCUT2D eigenvalue weighted by Crippen LogP contribution is -2.32. The highest BCUT2D eigenvalue weighted by Gasteiger charge is 2.12. The van der Waals surface area contributed by atoms with Gasteiger partial charge in [0.25, 0.3) is 5.91 Å². The van der Waals surface area contributed by atoms with Crippen molar-refractivity contribution in [1.82, 2.24) is 5.32 Å². The molecule has 0 saturated heterocycles. The van der Waals surface area contributed by atoms with Gasteiger partial charge in [0, 0.05) is 12.1 Å². The van der Waals surface area contributed by atoms with Crippen molar-refractivity contribution in [2.45, 2.75) is 26.3 Å². The van der Waals surface area contributed by atoms with Crippen molar-refractivity contribution in [2.24, 2.45) is 0 Å². The third-order valence-electron chi connectivity index (χ3n) is 2.24. The summed E-state index contributed by atoms with van der Waals surface area (Å²) < 4.78 is 5.99. The molecule has 0 spiro atoms. The van der Waals surface area contributed by atoms with Crippen molar-refractivity contribution < 1.29 is 9.21 Å². The van der Waals surface area contributed by atoms with E-state index in [1.807, 2.05) is 42.5 Å². The van der Waals surface area contributed by atoms with Gasteiger partial charge < -0.3 is 9.73 Å². The van der Waals surface area contributed by atoms with Gasteiger partial charge in [-0.05, 0) is 48.1 Å². The Morgan fingerprint density at radius 1 is 1.71 bits per heavy atom. The molecule has 1 amide bonds. The maximum atomic E-state index is 11.7. The first kappa shape index (κ1) is 13.8. The first-order chi connectivity index (χ1) is 8.06.